The lowest BCUT2D eigenvalue weighted by atomic mass is 10.0. The summed E-state index contributed by atoms with van der Waals surface area (Å²) >= 11 is 0. The van der Waals surface area contributed by atoms with Gasteiger partial charge in [-0.25, -0.2) is 0 Å². The van der Waals surface area contributed by atoms with E-state index in [1.165, 1.54) is 0 Å². The average molecular weight is 227 g/mol. The number of hydrogen-bond donors (Lipinski definition) is 1. The normalized spacial score (nSPS) is 11.4. The fourth-order valence-corrected chi connectivity index (χ4v) is 1.59. The minimum absolute atomic E-state index is 0.452. The SMILES string of the molecule is C=C(C/C(=N/O)c1ccco1)c1ccccc1. The Morgan fingerprint density at radius 3 is 2.53 bits per heavy atom. The van der Waals surface area contributed by atoms with E-state index in [1.807, 2.05) is 30.3 Å². The van der Waals surface area contributed by atoms with Crippen LogP contribution in [0, 0.1) is 0 Å². The van der Waals surface area contributed by atoms with E-state index in [-0.39, 0.29) is 0 Å². The Morgan fingerprint density at radius 2 is 1.94 bits per heavy atom. The number of oxime groups is 1. The van der Waals surface area contributed by atoms with Gasteiger partial charge in [-0.3, -0.25) is 0 Å². The number of benzene rings is 1. The number of allylic oxidation sites excluding steroid dienone is 1. The van der Waals surface area contributed by atoms with Crippen molar-refractivity contribution in [2.24, 2.45) is 5.16 Å². The van der Waals surface area contributed by atoms with Crippen molar-refractivity contribution in [3.8, 4) is 0 Å². The third kappa shape index (κ3) is 2.64. The zero-order valence-corrected chi connectivity index (χ0v) is 9.34. The molecule has 86 valence electrons. The molecule has 0 saturated heterocycles. The quantitative estimate of drug-likeness (QED) is 0.493. The van der Waals surface area contributed by atoms with Crippen LogP contribution in [0.5, 0.6) is 0 Å². The van der Waals surface area contributed by atoms with Crippen molar-refractivity contribution in [2.75, 3.05) is 0 Å². The maximum absolute atomic E-state index is 8.98. The first-order valence-corrected chi connectivity index (χ1v) is 5.29. The zero-order chi connectivity index (χ0) is 12.1. The summed E-state index contributed by atoms with van der Waals surface area (Å²) in [5.74, 6) is 0.560. The van der Waals surface area contributed by atoms with Gasteiger partial charge in [0.15, 0.2) is 5.76 Å². The molecule has 1 aromatic carbocycles. The van der Waals surface area contributed by atoms with E-state index in [1.54, 1.807) is 18.4 Å². The molecule has 0 amide bonds. The van der Waals surface area contributed by atoms with Crippen molar-refractivity contribution >= 4 is 11.3 Å². The van der Waals surface area contributed by atoms with E-state index < -0.39 is 0 Å². The molecule has 0 aliphatic heterocycles. The second kappa shape index (κ2) is 5.16. The van der Waals surface area contributed by atoms with Crippen molar-refractivity contribution in [2.45, 2.75) is 6.42 Å². The number of hydrogen-bond acceptors (Lipinski definition) is 3. The highest BCUT2D eigenvalue weighted by Gasteiger charge is 2.10. The van der Waals surface area contributed by atoms with Gasteiger partial charge in [-0.05, 0) is 23.3 Å². The molecule has 1 aromatic heterocycles. The topological polar surface area (TPSA) is 45.7 Å². The summed E-state index contributed by atoms with van der Waals surface area (Å²) in [6.07, 6.45) is 2.00. The minimum atomic E-state index is 0.452. The lowest BCUT2D eigenvalue weighted by molar-refractivity contribution is 0.317. The maximum atomic E-state index is 8.98. The molecule has 17 heavy (non-hydrogen) atoms. The van der Waals surface area contributed by atoms with Crippen LogP contribution >= 0.6 is 0 Å². The van der Waals surface area contributed by atoms with Crippen LogP contribution in [-0.4, -0.2) is 10.9 Å². The predicted octanol–water partition coefficient (Wildman–Crippen LogP) is 3.56. The van der Waals surface area contributed by atoms with Crippen molar-refractivity contribution in [3.63, 3.8) is 0 Å². The molecule has 2 aromatic rings. The van der Waals surface area contributed by atoms with E-state index in [4.69, 9.17) is 9.62 Å². The highest BCUT2D eigenvalue weighted by Crippen LogP contribution is 2.19. The fourth-order valence-electron chi connectivity index (χ4n) is 1.59. The lowest BCUT2D eigenvalue weighted by Gasteiger charge is -2.05. The van der Waals surface area contributed by atoms with Gasteiger partial charge < -0.3 is 9.62 Å². The fraction of sp³-hybridized carbons (Fsp3) is 0.0714. The van der Waals surface area contributed by atoms with Crippen LogP contribution in [0.4, 0.5) is 0 Å². The molecule has 0 radical (unpaired) electrons. The molecule has 0 atom stereocenters. The molecule has 2 rings (SSSR count). The molecule has 0 saturated carbocycles. The van der Waals surface area contributed by atoms with Crippen LogP contribution in [-0.2, 0) is 0 Å². The maximum Gasteiger partial charge on any atom is 0.151 e. The monoisotopic (exact) mass is 227 g/mol. The Bertz CT molecular complexity index is 512. The molecule has 0 bridgehead atoms. The van der Waals surface area contributed by atoms with Crippen molar-refractivity contribution < 1.29 is 9.62 Å². The summed E-state index contributed by atoms with van der Waals surface area (Å²) < 4.78 is 5.19. The number of nitrogens with zero attached hydrogens (tertiary/aromatic N) is 1. The van der Waals surface area contributed by atoms with Gasteiger partial charge in [-0.2, -0.15) is 0 Å². The summed E-state index contributed by atoms with van der Waals surface area (Å²) in [5.41, 5.74) is 2.39. The largest absolute Gasteiger partial charge is 0.463 e. The Labute approximate surface area is 99.7 Å². The Hall–Kier alpha value is -2.29. The van der Waals surface area contributed by atoms with E-state index in [9.17, 15) is 0 Å². The van der Waals surface area contributed by atoms with E-state index in [0.29, 0.717) is 17.9 Å². The summed E-state index contributed by atoms with van der Waals surface area (Å²) in [6.45, 7) is 3.99. The number of rotatable bonds is 4. The van der Waals surface area contributed by atoms with Crippen LogP contribution in [0.25, 0.3) is 5.57 Å². The first-order chi connectivity index (χ1) is 8.31. The third-order valence-corrected chi connectivity index (χ3v) is 2.49. The first-order valence-electron chi connectivity index (χ1n) is 5.29. The minimum Gasteiger partial charge on any atom is -0.463 e. The highest BCUT2D eigenvalue weighted by molar-refractivity contribution is 6.03. The molecule has 3 nitrogen and oxygen atoms in total. The molecular weight excluding hydrogens is 214 g/mol. The molecule has 1 heterocycles. The summed E-state index contributed by atoms with van der Waals surface area (Å²) in [6, 6.07) is 13.3. The average Bonchev–Trinajstić information content (AvgIpc) is 2.90. The van der Waals surface area contributed by atoms with Gasteiger partial charge >= 0.3 is 0 Å². The molecule has 0 aliphatic carbocycles. The lowest BCUT2D eigenvalue weighted by Crippen LogP contribution is -2.00. The molecular formula is C14H13NO2. The Morgan fingerprint density at radius 1 is 1.18 bits per heavy atom. The van der Waals surface area contributed by atoms with Gasteiger partial charge in [0.05, 0.1) is 6.26 Å². The Balaban J connectivity index is 2.14. The molecule has 0 unspecified atom stereocenters. The predicted molar refractivity (Wildman–Crippen MR) is 67.1 cm³/mol. The van der Waals surface area contributed by atoms with Crippen molar-refractivity contribution in [1.29, 1.82) is 0 Å². The number of furan rings is 1. The van der Waals surface area contributed by atoms with E-state index in [2.05, 4.69) is 11.7 Å². The molecule has 3 heteroatoms. The van der Waals surface area contributed by atoms with Gasteiger partial charge in [-0.1, -0.05) is 42.1 Å². The standard InChI is InChI=1S/C14H13NO2/c1-11(12-6-3-2-4-7-12)10-13(15-16)14-8-5-9-17-14/h2-9,16H,1,10H2/b15-13-. The van der Waals surface area contributed by atoms with Gasteiger partial charge in [0.25, 0.3) is 0 Å². The van der Waals surface area contributed by atoms with Crippen molar-refractivity contribution in [3.05, 3.63) is 66.6 Å². The molecule has 0 spiro atoms. The molecule has 1 N–H and O–H groups in total. The second-order valence-corrected chi connectivity index (χ2v) is 3.67. The van der Waals surface area contributed by atoms with Crippen LogP contribution in [0.2, 0.25) is 0 Å². The smallest absolute Gasteiger partial charge is 0.151 e. The van der Waals surface area contributed by atoms with E-state index >= 15 is 0 Å². The first kappa shape index (κ1) is 11.2. The highest BCUT2D eigenvalue weighted by atomic mass is 16.4. The van der Waals surface area contributed by atoms with Gasteiger partial charge in [0.2, 0.25) is 0 Å². The molecule has 0 fully saturated rings. The van der Waals surface area contributed by atoms with Crippen LogP contribution in [0.1, 0.15) is 17.7 Å². The van der Waals surface area contributed by atoms with E-state index in [0.717, 1.165) is 11.1 Å². The second-order valence-electron chi connectivity index (χ2n) is 3.67. The molecule has 0 aliphatic rings. The summed E-state index contributed by atoms with van der Waals surface area (Å²) in [7, 11) is 0. The van der Waals surface area contributed by atoms with Crippen molar-refractivity contribution in [1.82, 2.24) is 0 Å². The van der Waals surface area contributed by atoms with Crippen LogP contribution in [0.3, 0.4) is 0 Å². The van der Waals surface area contributed by atoms with Gasteiger partial charge in [0, 0.05) is 6.42 Å². The summed E-state index contributed by atoms with van der Waals surface area (Å²) in [5, 5.41) is 12.2. The van der Waals surface area contributed by atoms with Gasteiger partial charge in [-0.15, -0.1) is 0 Å². The van der Waals surface area contributed by atoms with Crippen LogP contribution < -0.4 is 0 Å². The Kier molecular flexibility index (Phi) is 3.40. The third-order valence-electron chi connectivity index (χ3n) is 2.49. The summed E-state index contributed by atoms with van der Waals surface area (Å²) in [4.78, 5) is 0. The van der Waals surface area contributed by atoms with Gasteiger partial charge in [0.1, 0.15) is 5.71 Å². The zero-order valence-electron chi connectivity index (χ0n) is 9.34. The van der Waals surface area contributed by atoms with Crippen LogP contribution in [0.15, 0.2) is 64.9 Å².